The zero-order chi connectivity index (χ0) is 17.1. The van der Waals surface area contributed by atoms with Gasteiger partial charge in [0.25, 0.3) is 5.91 Å². The van der Waals surface area contributed by atoms with Gasteiger partial charge < -0.3 is 20.0 Å². The van der Waals surface area contributed by atoms with Gasteiger partial charge in [0.1, 0.15) is 6.04 Å². The van der Waals surface area contributed by atoms with Crippen LogP contribution < -0.4 is 5.73 Å². The Morgan fingerprint density at radius 3 is 2.52 bits per heavy atom. The minimum Gasteiger partial charge on any atom is -0.459 e. The van der Waals surface area contributed by atoms with E-state index in [-0.39, 0.29) is 36.3 Å². The van der Waals surface area contributed by atoms with Crippen molar-refractivity contribution >= 4 is 24.2 Å². The van der Waals surface area contributed by atoms with Gasteiger partial charge in [0.15, 0.2) is 5.76 Å². The van der Waals surface area contributed by atoms with Crippen molar-refractivity contribution in [2.24, 2.45) is 11.7 Å². The molecule has 2 saturated heterocycles. The van der Waals surface area contributed by atoms with Crippen molar-refractivity contribution in [1.82, 2.24) is 9.80 Å². The van der Waals surface area contributed by atoms with Crippen molar-refractivity contribution in [2.75, 3.05) is 19.6 Å². The second-order valence-electron chi connectivity index (χ2n) is 7.01. The van der Waals surface area contributed by atoms with Crippen molar-refractivity contribution in [3.8, 4) is 0 Å². The Balaban J connectivity index is 0.00000225. The molecule has 2 aliphatic heterocycles. The molecule has 0 bridgehead atoms. The molecule has 3 heterocycles. The molecule has 140 valence electrons. The summed E-state index contributed by atoms with van der Waals surface area (Å²) in [7, 11) is 0. The first kappa shape index (κ1) is 19.8. The highest BCUT2D eigenvalue weighted by Gasteiger charge is 2.37. The number of carbonyl (C=O) groups excluding carboxylic acids is 2. The first-order valence-electron chi connectivity index (χ1n) is 8.96. The Labute approximate surface area is 155 Å². The van der Waals surface area contributed by atoms with Gasteiger partial charge in [0, 0.05) is 25.7 Å². The summed E-state index contributed by atoms with van der Waals surface area (Å²) in [6.07, 6.45) is 6.04. The first-order chi connectivity index (χ1) is 11.6. The molecular weight excluding hydrogens is 342 g/mol. The third-order valence-electron chi connectivity index (χ3n) is 5.38. The average molecular weight is 370 g/mol. The zero-order valence-corrected chi connectivity index (χ0v) is 15.5. The molecule has 2 fully saturated rings. The van der Waals surface area contributed by atoms with Crippen LogP contribution in [0.4, 0.5) is 0 Å². The van der Waals surface area contributed by atoms with Gasteiger partial charge in [-0.15, -0.1) is 12.4 Å². The molecule has 2 aliphatic rings. The van der Waals surface area contributed by atoms with E-state index in [0.717, 1.165) is 45.2 Å². The Morgan fingerprint density at radius 1 is 1.20 bits per heavy atom. The van der Waals surface area contributed by atoms with E-state index in [4.69, 9.17) is 10.2 Å². The number of nitrogens with two attached hydrogens (primary N) is 1. The fourth-order valence-electron chi connectivity index (χ4n) is 3.83. The number of carbonyl (C=O) groups is 2. The molecule has 2 atom stereocenters. The summed E-state index contributed by atoms with van der Waals surface area (Å²) in [5.74, 6) is 0.702. The lowest BCUT2D eigenvalue weighted by atomic mass is 9.90. The van der Waals surface area contributed by atoms with Gasteiger partial charge in [0.2, 0.25) is 5.91 Å². The van der Waals surface area contributed by atoms with Crippen LogP contribution in [0.15, 0.2) is 22.8 Å². The lowest BCUT2D eigenvalue weighted by molar-refractivity contribution is -0.138. The molecule has 3 rings (SSSR count). The van der Waals surface area contributed by atoms with Gasteiger partial charge in [0.05, 0.1) is 6.26 Å². The Hall–Kier alpha value is -1.53. The molecule has 1 aromatic heterocycles. The molecule has 2 N–H and O–H groups in total. The summed E-state index contributed by atoms with van der Waals surface area (Å²) in [5.41, 5.74) is 5.98. The highest BCUT2D eigenvalue weighted by atomic mass is 35.5. The minimum absolute atomic E-state index is 0. The SMILES string of the molecule is CC(N)C1CCN(C(=O)C2CCCCN2C(=O)c2ccco2)CC1.Cl. The maximum absolute atomic E-state index is 13.0. The number of amides is 2. The van der Waals surface area contributed by atoms with Crippen molar-refractivity contribution in [3.05, 3.63) is 24.2 Å². The molecule has 0 radical (unpaired) electrons. The van der Waals surface area contributed by atoms with E-state index in [9.17, 15) is 9.59 Å². The van der Waals surface area contributed by atoms with Crippen molar-refractivity contribution in [3.63, 3.8) is 0 Å². The number of piperidine rings is 2. The van der Waals surface area contributed by atoms with E-state index in [2.05, 4.69) is 0 Å². The first-order valence-corrected chi connectivity index (χ1v) is 8.96. The van der Waals surface area contributed by atoms with Gasteiger partial charge in [-0.25, -0.2) is 0 Å². The van der Waals surface area contributed by atoms with Crippen LogP contribution in [0.1, 0.15) is 49.6 Å². The van der Waals surface area contributed by atoms with Gasteiger partial charge in [-0.3, -0.25) is 9.59 Å². The number of rotatable bonds is 3. The molecular formula is C18H28ClN3O3. The van der Waals surface area contributed by atoms with E-state index in [1.54, 1.807) is 17.0 Å². The Kier molecular flexibility index (Phi) is 6.90. The predicted molar refractivity (Wildman–Crippen MR) is 97.6 cm³/mol. The lowest BCUT2D eigenvalue weighted by Gasteiger charge is -2.40. The molecule has 6 nitrogen and oxygen atoms in total. The molecule has 2 unspecified atom stereocenters. The third kappa shape index (κ3) is 4.36. The summed E-state index contributed by atoms with van der Waals surface area (Å²) in [6.45, 7) is 4.13. The molecule has 0 spiro atoms. The number of hydrogen-bond donors (Lipinski definition) is 1. The van der Waals surface area contributed by atoms with Gasteiger partial charge in [-0.1, -0.05) is 0 Å². The average Bonchev–Trinajstić information content (AvgIpc) is 3.15. The van der Waals surface area contributed by atoms with Crippen LogP contribution in [0, 0.1) is 5.92 Å². The molecule has 0 aliphatic carbocycles. The fourth-order valence-corrected chi connectivity index (χ4v) is 3.83. The maximum Gasteiger partial charge on any atom is 0.290 e. The highest BCUT2D eigenvalue weighted by Crippen LogP contribution is 2.25. The second-order valence-corrected chi connectivity index (χ2v) is 7.01. The van der Waals surface area contributed by atoms with Crippen LogP contribution in [-0.2, 0) is 4.79 Å². The normalized spacial score (nSPS) is 23.0. The Morgan fingerprint density at radius 2 is 1.92 bits per heavy atom. The van der Waals surface area contributed by atoms with Crippen LogP contribution in [-0.4, -0.2) is 53.3 Å². The number of furan rings is 1. The van der Waals surface area contributed by atoms with E-state index < -0.39 is 0 Å². The van der Waals surface area contributed by atoms with Crippen molar-refractivity contribution < 1.29 is 14.0 Å². The number of hydrogen-bond acceptors (Lipinski definition) is 4. The van der Waals surface area contributed by atoms with Gasteiger partial charge >= 0.3 is 0 Å². The van der Waals surface area contributed by atoms with E-state index in [1.165, 1.54) is 6.26 Å². The van der Waals surface area contributed by atoms with E-state index in [1.807, 2.05) is 11.8 Å². The smallest absolute Gasteiger partial charge is 0.290 e. The summed E-state index contributed by atoms with van der Waals surface area (Å²) in [6, 6.07) is 3.18. The second kappa shape index (κ2) is 8.72. The summed E-state index contributed by atoms with van der Waals surface area (Å²) in [4.78, 5) is 29.2. The van der Waals surface area contributed by atoms with Crippen molar-refractivity contribution in [2.45, 2.75) is 51.1 Å². The Bertz CT molecular complexity index is 568. The van der Waals surface area contributed by atoms with E-state index in [0.29, 0.717) is 18.2 Å². The lowest BCUT2D eigenvalue weighted by Crippen LogP contribution is -2.54. The van der Waals surface area contributed by atoms with Crippen LogP contribution in [0.2, 0.25) is 0 Å². The molecule has 7 heteroatoms. The number of likely N-dealkylation sites (tertiary alicyclic amines) is 2. The van der Waals surface area contributed by atoms with Crippen LogP contribution in [0.3, 0.4) is 0 Å². The monoisotopic (exact) mass is 369 g/mol. The predicted octanol–water partition coefficient (Wildman–Crippen LogP) is 2.28. The summed E-state index contributed by atoms with van der Waals surface area (Å²) < 4.78 is 5.23. The number of nitrogens with zero attached hydrogens (tertiary/aromatic N) is 2. The van der Waals surface area contributed by atoms with Crippen LogP contribution in [0.25, 0.3) is 0 Å². The topological polar surface area (TPSA) is 79.8 Å². The number of halogens is 1. The molecule has 1 aromatic rings. The fraction of sp³-hybridized carbons (Fsp3) is 0.667. The third-order valence-corrected chi connectivity index (χ3v) is 5.38. The zero-order valence-electron chi connectivity index (χ0n) is 14.7. The quantitative estimate of drug-likeness (QED) is 0.886. The highest BCUT2D eigenvalue weighted by molar-refractivity contribution is 5.95. The molecule has 0 saturated carbocycles. The van der Waals surface area contributed by atoms with Gasteiger partial charge in [-0.2, -0.15) is 0 Å². The largest absolute Gasteiger partial charge is 0.459 e. The van der Waals surface area contributed by atoms with Crippen molar-refractivity contribution in [1.29, 1.82) is 0 Å². The molecule has 2 amide bonds. The maximum atomic E-state index is 13.0. The summed E-state index contributed by atoms with van der Waals surface area (Å²) in [5, 5.41) is 0. The van der Waals surface area contributed by atoms with Crippen LogP contribution >= 0.6 is 12.4 Å². The molecule has 25 heavy (non-hydrogen) atoms. The summed E-state index contributed by atoms with van der Waals surface area (Å²) >= 11 is 0. The van der Waals surface area contributed by atoms with Gasteiger partial charge in [-0.05, 0) is 57.1 Å². The van der Waals surface area contributed by atoms with E-state index >= 15 is 0 Å². The minimum atomic E-state index is -0.358. The molecule has 0 aromatic carbocycles. The standard InChI is InChI=1S/C18H27N3O3.ClH/c1-13(19)14-7-10-20(11-8-14)17(22)15-5-2-3-9-21(15)18(23)16-6-4-12-24-16;/h4,6,12-15H,2-3,5,7-11,19H2,1H3;1H. The van der Waals surface area contributed by atoms with Crippen LogP contribution in [0.5, 0.6) is 0 Å².